The normalized spacial score (nSPS) is 15.6. The van der Waals surface area contributed by atoms with Crippen LogP contribution in [0.1, 0.15) is 18.1 Å². The van der Waals surface area contributed by atoms with Gasteiger partial charge >= 0.3 is 6.18 Å². The number of alkyl halides is 3. The Bertz CT molecular complexity index is 571. The van der Waals surface area contributed by atoms with Crippen molar-refractivity contribution in [3.63, 3.8) is 0 Å². The lowest BCUT2D eigenvalue weighted by atomic mass is 9.98. The SMILES string of the molecule is CCN1C=CC(N(C)C)=C(c2cccc(C(F)(F)F)c2)C1. The van der Waals surface area contributed by atoms with E-state index in [9.17, 15) is 13.2 Å². The second-order valence-corrected chi connectivity index (χ2v) is 5.22. The van der Waals surface area contributed by atoms with E-state index >= 15 is 0 Å². The molecule has 0 fully saturated rings. The van der Waals surface area contributed by atoms with Crippen molar-refractivity contribution in [1.82, 2.24) is 9.80 Å². The maximum absolute atomic E-state index is 12.9. The Morgan fingerprint density at radius 1 is 1.24 bits per heavy atom. The zero-order valence-corrected chi connectivity index (χ0v) is 12.4. The molecule has 1 heterocycles. The predicted molar refractivity (Wildman–Crippen MR) is 78.4 cm³/mol. The first-order valence-electron chi connectivity index (χ1n) is 6.83. The molecule has 21 heavy (non-hydrogen) atoms. The van der Waals surface area contributed by atoms with E-state index in [0.29, 0.717) is 12.1 Å². The van der Waals surface area contributed by atoms with Gasteiger partial charge in [-0.15, -0.1) is 0 Å². The maximum Gasteiger partial charge on any atom is 0.416 e. The summed E-state index contributed by atoms with van der Waals surface area (Å²) in [5.41, 5.74) is 1.87. The van der Waals surface area contributed by atoms with Crippen molar-refractivity contribution in [3.05, 3.63) is 53.4 Å². The van der Waals surface area contributed by atoms with Gasteiger partial charge in [0.25, 0.3) is 0 Å². The first-order valence-corrected chi connectivity index (χ1v) is 6.83. The van der Waals surface area contributed by atoms with Gasteiger partial charge in [-0.3, -0.25) is 0 Å². The lowest BCUT2D eigenvalue weighted by molar-refractivity contribution is -0.137. The highest BCUT2D eigenvalue weighted by Gasteiger charge is 2.31. The topological polar surface area (TPSA) is 6.48 Å². The third kappa shape index (κ3) is 3.40. The molecule has 2 rings (SSSR count). The van der Waals surface area contributed by atoms with E-state index in [1.165, 1.54) is 12.1 Å². The summed E-state index contributed by atoms with van der Waals surface area (Å²) >= 11 is 0. The molecule has 2 nitrogen and oxygen atoms in total. The summed E-state index contributed by atoms with van der Waals surface area (Å²) in [4.78, 5) is 4.00. The van der Waals surface area contributed by atoms with E-state index < -0.39 is 11.7 Å². The smallest absolute Gasteiger partial charge is 0.377 e. The maximum atomic E-state index is 12.9. The number of halogens is 3. The molecule has 0 saturated carbocycles. The van der Waals surface area contributed by atoms with Crippen LogP contribution < -0.4 is 0 Å². The minimum absolute atomic E-state index is 0.608. The zero-order chi connectivity index (χ0) is 15.6. The van der Waals surface area contributed by atoms with Gasteiger partial charge in [0.05, 0.1) is 5.56 Å². The fourth-order valence-electron chi connectivity index (χ4n) is 2.37. The molecule has 0 saturated heterocycles. The van der Waals surface area contributed by atoms with Gasteiger partial charge in [-0.1, -0.05) is 12.1 Å². The second-order valence-electron chi connectivity index (χ2n) is 5.22. The van der Waals surface area contributed by atoms with Crippen LogP contribution in [0.15, 0.2) is 42.2 Å². The fourth-order valence-corrected chi connectivity index (χ4v) is 2.37. The molecule has 114 valence electrons. The molecule has 1 aromatic carbocycles. The van der Waals surface area contributed by atoms with Crippen molar-refractivity contribution in [2.24, 2.45) is 0 Å². The number of rotatable bonds is 3. The molecule has 0 bridgehead atoms. The van der Waals surface area contributed by atoms with E-state index in [1.807, 2.05) is 38.2 Å². The molecular weight excluding hydrogens is 277 g/mol. The van der Waals surface area contributed by atoms with Gasteiger partial charge in [0.2, 0.25) is 0 Å². The first kappa shape index (κ1) is 15.5. The number of hydrogen-bond donors (Lipinski definition) is 0. The monoisotopic (exact) mass is 296 g/mol. The molecule has 0 unspecified atom stereocenters. The fraction of sp³-hybridized carbons (Fsp3) is 0.375. The Morgan fingerprint density at radius 2 is 1.95 bits per heavy atom. The number of nitrogens with zero attached hydrogens (tertiary/aromatic N) is 2. The Morgan fingerprint density at radius 3 is 2.52 bits per heavy atom. The van der Waals surface area contributed by atoms with Crippen molar-refractivity contribution in [2.45, 2.75) is 13.1 Å². The molecule has 1 aliphatic heterocycles. The minimum Gasteiger partial charge on any atom is -0.377 e. The van der Waals surface area contributed by atoms with Crippen LogP contribution in [0, 0.1) is 0 Å². The Balaban J connectivity index is 2.48. The first-order chi connectivity index (χ1) is 9.82. The zero-order valence-electron chi connectivity index (χ0n) is 12.4. The summed E-state index contributed by atoms with van der Waals surface area (Å²) in [7, 11) is 3.80. The summed E-state index contributed by atoms with van der Waals surface area (Å²) < 4.78 is 38.6. The van der Waals surface area contributed by atoms with Crippen LogP contribution in [0.4, 0.5) is 13.2 Å². The molecule has 0 N–H and O–H groups in total. The van der Waals surface area contributed by atoms with Crippen LogP contribution in [0.3, 0.4) is 0 Å². The van der Waals surface area contributed by atoms with Gasteiger partial charge in [0.1, 0.15) is 0 Å². The van der Waals surface area contributed by atoms with Crippen molar-refractivity contribution in [2.75, 3.05) is 27.2 Å². The Hall–Kier alpha value is -1.91. The standard InChI is InChI=1S/C16H19F3N2/c1-4-21-9-8-15(20(2)3)14(11-21)12-6-5-7-13(10-12)16(17,18)19/h5-10H,4,11H2,1-3H3. The van der Waals surface area contributed by atoms with Gasteiger partial charge in [0.15, 0.2) is 0 Å². The molecule has 0 aliphatic carbocycles. The predicted octanol–water partition coefficient (Wildman–Crippen LogP) is 3.83. The van der Waals surface area contributed by atoms with Crippen LogP contribution in [0.25, 0.3) is 5.57 Å². The van der Waals surface area contributed by atoms with Gasteiger partial charge in [0, 0.05) is 44.7 Å². The summed E-state index contributed by atoms with van der Waals surface area (Å²) in [5.74, 6) is 0. The van der Waals surface area contributed by atoms with Gasteiger partial charge < -0.3 is 9.80 Å². The van der Waals surface area contributed by atoms with Crippen LogP contribution in [0.5, 0.6) is 0 Å². The molecule has 5 heteroatoms. The van der Waals surface area contributed by atoms with E-state index in [2.05, 4.69) is 4.90 Å². The van der Waals surface area contributed by atoms with Crippen molar-refractivity contribution in [1.29, 1.82) is 0 Å². The molecule has 0 radical (unpaired) electrons. The minimum atomic E-state index is -4.32. The lowest BCUT2D eigenvalue weighted by Crippen LogP contribution is -2.26. The van der Waals surface area contributed by atoms with E-state index in [0.717, 1.165) is 23.9 Å². The van der Waals surface area contributed by atoms with Crippen LogP contribution in [0.2, 0.25) is 0 Å². The summed E-state index contributed by atoms with van der Waals surface area (Å²) in [6, 6.07) is 5.54. The van der Waals surface area contributed by atoms with Crippen molar-refractivity contribution in [3.8, 4) is 0 Å². The summed E-state index contributed by atoms with van der Waals surface area (Å²) in [6.07, 6.45) is -0.390. The average molecular weight is 296 g/mol. The second kappa shape index (κ2) is 5.84. The largest absolute Gasteiger partial charge is 0.416 e. The highest BCUT2D eigenvalue weighted by molar-refractivity contribution is 5.73. The number of hydrogen-bond acceptors (Lipinski definition) is 2. The van der Waals surface area contributed by atoms with E-state index in [4.69, 9.17) is 0 Å². The van der Waals surface area contributed by atoms with Crippen molar-refractivity contribution < 1.29 is 13.2 Å². The quantitative estimate of drug-likeness (QED) is 0.836. The lowest BCUT2D eigenvalue weighted by Gasteiger charge is -2.30. The van der Waals surface area contributed by atoms with Gasteiger partial charge in [-0.05, 0) is 30.7 Å². The van der Waals surface area contributed by atoms with Gasteiger partial charge in [-0.25, -0.2) is 0 Å². The molecule has 0 atom stereocenters. The van der Waals surface area contributed by atoms with Crippen LogP contribution in [-0.2, 0) is 6.18 Å². The highest BCUT2D eigenvalue weighted by Crippen LogP contribution is 2.33. The number of allylic oxidation sites excluding steroid dienone is 1. The van der Waals surface area contributed by atoms with Gasteiger partial charge in [-0.2, -0.15) is 13.2 Å². The Kier molecular flexibility index (Phi) is 4.30. The van der Waals surface area contributed by atoms with Crippen LogP contribution >= 0.6 is 0 Å². The van der Waals surface area contributed by atoms with Crippen LogP contribution in [-0.4, -0.2) is 37.0 Å². The molecule has 0 amide bonds. The van der Waals surface area contributed by atoms with E-state index in [-0.39, 0.29) is 0 Å². The molecule has 1 aromatic rings. The molecule has 0 spiro atoms. The third-order valence-electron chi connectivity index (χ3n) is 3.54. The molecular formula is C16H19F3N2. The molecule has 1 aliphatic rings. The average Bonchev–Trinajstić information content (AvgIpc) is 2.45. The highest BCUT2D eigenvalue weighted by atomic mass is 19.4. The number of likely N-dealkylation sites (N-methyl/N-ethyl adjacent to an activating group) is 2. The summed E-state index contributed by atoms with van der Waals surface area (Å²) in [5, 5.41) is 0. The third-order valence-corrected chi connectivity index (χ3v) is 3.54. The molecule has 0 aromatic heterocycles. The number of benzene rings is 1. The van der Waals surface area contributed by atoms with Crippen molar-refractivity contribution >= 4 is 5.57 Å². The van der Waals surface area contributed by atoms with E-state index in [1.54, 1.807) is 6.07 Å². The summed E-state index contributed by atoms with van der Waals surface area (Å²) in [6.45, 7) is 3.45. The Labute approximate surface area is 123 Å².